The Hall–Kier alpha value is -0.570. The lowest BCUT2D eigenvalue weighted by atomic mass is 10.1. The van der Waals surface area contributed by atoms with Gasteiger partial charge in [0.05, 0.1) is 6.61 Å². The highest BCUT2D eigenvalue weighted by Crippen LogP contribution is 2.00. The SMILES string of the molecule is O.O=C(CO)[C@H](O)[C@@H](O)[C@@H](O)CO. The number of ketones is 1. The summed E-state index contributed by atoms with van der Waals surface area (Å²) in [5, 5.41) is 43.1. The number of rotatable bonds is 5. The Morgan fingerprint density at radius 3 is 1.92 bits per heavy atom. The summed E-state index contributed by atoms with van der Waals surface area (Å²) in [5.74, 6) is -1.00. The summed E-state index contributed by atoms with van der Waals surface area (Å²) in [6.07, 6.45) is -5.22. The van der Waals surface area contributed by atoms with Crippen LogP contribution in [0.15, 0.2) is 0 Å². The molecular weight excluding hydrogens is 184 g/mol. The van der Waals surface area contributed by atoms with Crippen molar-refractivity contribution in [2.45, 2.75) is 18.3 Å². The Bertz CT molecular complexity index is 148. The summed E-state index contributed by atoms with van der Waals surface area (Å²) in [6.45, 7) is -1.69. The Labute approximate surface area is 74.2 Å². The topological polar surface area (TPSA) is 150 Å². The Morgan fingerprint density at radius 1 is 1.15 bits per heavy atom. The van der Waals surface area contributed by atoms with Crippen LogP contribution in [0.2, 0.25) is 0 Å². The molecule has 13 heavy (non-hydrogen) atoms. The predicted molar refractivity (Wildman–Crippen MR) is 40.8 cm³/mol. The molecule has 3 atom stereocenters. The first-order valence-corrected chi connectivity index (χ1v) is 3.33. The second-order valence-corrected chi connectivity index (χ2v) is 2.31. The highest BCUT2D eigenvalue weighted by molar-refractivity contribution is 5.84. The number of hydrogen-bond acceptors (Lipinski definition) is 6. The zero-order valence-corrected chi connectivity index (χ0v) is 6.79. The minimum atomic E-state index is -1.86. The first-order chi connectivity index (χ1) is 5.54. The van der Waals surface area contributed by atoms with Crippen molar-refractivity contribution in [1.29, 1.82) is 0 Å². The van der Waals surface area contributed by atoms with Crippen LogP contribution in [0.25, 0.3) is 0 Å². The van der Waals surface area contributed by atoms with Gasteiger partial charge in [-0.05, 0) is 0 Å². The average molecular weight is 198 g/mol. The van der Waals surface area contributed by atoms with Gasteiger partial charge in [-0.2, -0.15) is 0 Å². The lowest BCUT2D eigenvalue weighted by Crippen LogP contribution is -2.44. The molecule has 7 nitrogen and oxygen atoms in total. The van der Waals surface area contributed by atoms with Crippen LogP contribution in [-0.2, 0) is 4.79 Å². The first-order valence-electron chi connectivity index (χ1n) is 3.33. The Morgan fingerprint density at radius 2 is 1.62 bits per heavy atom. The summed E-state index contributed by atoms with van der Waals surface area (Å²) in [6, 6.07) is 0. The van der Waals surface area contributed by atoms with E-state index in [1.807, 2.05) is 0 Å². The van der Waals surface area contributed by atoms with Crippen LogP contribution in [0.1, 0.15) is 0 Å². The van der Waals surface area contributed by atoms with Gasteiger partial charge in [0.1, 0.15) is 24.9 Å². The molecule has 0 heterocycles. The Balaban J connectivity index is 0. The van der Waals surface area contributed by atoms with Gasteiger partial charge in [0.25, 0.3) is 0 Å². The van der Waals surface area contributed by atoms with E-state index in [0.29, 0.717) is 0 Å². The molecule has 0 fully saturated rings. The third kappa shape index (κ3) is 4.27. The number of carbonyl (C=O) groups is 1. The summed E-state index contributed by atoms with van der Waals surface area (Å²) in [5.41, 5.74) is 0. The molecular formula is C6H14O7. The minimum absolute atomic E-state index is 0. The number of aliphatic hydroxyl groups is 5. The number of hydrogen-bond donors (Lipinski definition) is 5. The van der Waals surface area contributed by atoms with Crippen LogP contribution in [0, 0.1) is 0 Å². The number of carbonyl (C=O) groups excluding carboxylic acids is 1. The van der Waals surface area contributed by atoms with Crippen molar-refractivity contribution < 1.29 is 35.8 Å². The van der Waals surface area contributed by atoms with E-state index in [1.54, 1.807) is 0 Å². The van der Waals surface area contributed by atoms with Crippen molar-refractivity contribution in [3.05, 3.63) is 0 Å². The summed E-state index contributed by atoms with van der Waals surface area (Å²) >= 11 is 0. The first kappa shape index (κ1) is 14.9. The lowest BCUT2D eigenvalue weighted by Gasteiger charge is -2.19. The summed E-state index contributed by atoms with van der Waals surface area (Å²) in [4.78, 5) is 10.5. The van der Waals surface area contributed by atoms with Crippen molar-refractivity contribution in [1.82, 2.24) is 0 Å². The van der Waals surface area contributed by atoms with E-state index in [9.17, 15) is 4.79 Å². The fraction of sp³-hybridized carbons (Fsp3) is 0.833. The third-order valence-electron chi connectivity index (χ3n) is 1.39. The molecule has 0 bridgehead atoms. The van der Waals surface area contributed by atoms with Crippen molar-refractivity contribution in [3.63, 3.8) is 0 Å². The van der Waals surface area contributed by atoms with E-state index in [0.717, 1.165) is 0 Å². The molecule has 0 aromatic rings. The van der Waals surface area contributed by atoms with Crippen LogP contribution in [-0.4, -0.2) is 68.3 Å². The van der Waals surface area contributed by atoms with Crippen molar-refractivity contribution in [3.8, 4) is 0 Å². The highest BCUT2D eigenvalue weighted by atomic mass is 16.4. The predicted octanol–water partition coefficient (Wildman–Crippen LogP) is -4.20. The smallest absolute Gasteiger partial charge is 0.189 e. The molecule has 0 aliphatic rings. The van der Waals surface area contributed by atoms with Crippen LogP contribution in [0.3, 0.4) is 0 Å². The standard InChI is InChI=1S/C6H12O6.H2O/c7-1-3(9)5(11)6(12)4(10)2-8;/h3,5-9,11-12H,1-2H2;1H2/t3-,5-,6-;/m0./s1. The summed E-state index contributed by atoms with van der Waals surface area (Å²) in [7, 11) is 0. The third-order valence-corrected chi connectivity index (χ3v) is 1.39. The Kier molecular flexibility index (Phi) is 7.92. The van der Waals surface area contributed by atoms with Crippen molar-refractivity contribution >= 4 is 5.78 Å². The minimum Gasteiger partial charge on any atom is -0.412 e. The molecule has 7 heteroatoms. The van der Waals surface area contributed by atoms with Crippen molar-refractivity contribution in [2.24, 2.45) is 0 Å². The second kappa shape index (κ2) is 6.89. The zero-order valence-electron chi connectivity index (χ0n) is 6.79. The molecule has 0 amide bonds. The molecule has 0 saturated heterocycles. The lowest BCUT2D eigenvalue weighted by molar-refractivity contribution is -0.142. The molecule has 0 saturated carbocycles. The molecule has 0 aromatic heterocycles. The van der Waals surface area contributed by atoms with E-state index in [4.69, 9.17) is 25.5 Å². The van der Waals surface area contributed by atoms with Crippen LogP contribution in [0.5, 0.6) is 0 Å². The molecule has 80 valence electrons. The molecule has 0 aliphatic carbocycles. The van der Waals surface area contributed by atoms with Gasteiger partial charge in [-0.1, -0.05) is 0 Å². The maximum atomic E-state index is 10.5. The van der Waals surface area contributed by atoms with Gasteiger partial charge in [-0.15, -0.1) is 0 Å². The average Bonchev–Trinajstić information content (AvgIpc) is 2.12. The maximum Gasteiger partial charge on any atom is 0.189 e. The maximum absolute atomic E-state index is 10.5. The van der Waals surface area contributed by atoms with Gasteiger partial charge in [-0.3, -0.25) is 4.79 Å². The van der Waals surface area contributed by atoms with Crippen LogP contribution < -0.4 is 0 Å². The van der Waals surface area contributed by atoms with Crippen LogP contribution in [0.4, 0.5) is 0 Å². The quantitative estimate of drug-likeness (QED) is 0.302. The van der Waals surface area contributed by atoms with Gasteiger partial charge in [-0.25, -0.2) is 0 Å². The molecule has 0 rings (SSSR count). The molecule has 0 unspecified atom stereocenters. The highest BCUT2D eigenvalue weighted by Gasteiger charge is 2.28. The van der Waals surface area contributed by atoms with E-state index in [1.165, 1.54) is 0 Å². The van der Waals surface area contributed by atoms with E-state index in [2.05, 4.69) is 0 Å². The monoisotopic (exact) mass is 198 g/mol. The van der Waals surface area contributed by atoms with Gasteiger partial charge in [0, 0.05) is 0 Å². The van der Waals surface area contributed by atoms with Gasteiger partial charge >= 0.3 is 0 Å². The van der Waals surface area contributed by atoms with E-state index >= 15 is 0 Å². The van der Waals surface area contributed by atoms with Crippen molar-refractivity contribution in [2.75, 3.05) is 13.2 Å². The fourth-order valence-electron chi connectivity index (χ4n) is 0.602. The largest absolute Gasteiger partial charge is 0.412 e. The fourth-order valence-corrected chi connectivity index (χ4v) is 0.602. The molecule has 0 aliphatic heterocycles. The molecule has 7 N–H and O–H groups in total. The van der Waals surface area contributed by atoms with E-state index in [-0.39, 0.29) is 5.48 Å². The van der Waals surface area contributed by atoms with E-state index < -0.39 is 37.3 Å². The van der Waals surface area contributed by atoms with Crippen LogP contribution >= 0.6 is 0 Å². The molecule has 0 radical (unpaired) electrons. The second-order valence-electron chi connectivity index (χ2n) is 2.31. The van der Waals surface area contributed by atoms with Gasteiger partial charge in [0.15, 0.2) is 5.78 Å². The normalized spacial score (nSPS) is 17.0. The number of aliphatic hydroxyl groups excluding tert-OH is 5. The zero-order chi connectivity index (χ0) is 9.72. The number of Topliss-reactive ketones (excluding diaryl/α,β-unsaturated/α-hetero) is 1. The van der Waals surface area contributed by atoms with Gasteiger partial charge < -0.3 is 31.0 Å². The molecule has 0 aromatic carbocycles. The summed E-state index contributed by atoms with van der Waals surface area (Å²) < 4.78 is 0. The van der Waals surface area contributed by atoms with Gasteiger partial charge in [0.2, 0.25) is 0 Å². The molecule has 0 spiro atoms.